The van der Waals surface area contributed by atoms with Crippen LogP contribution in [0.1, 0.15) is 60.8 Å². The molecule has 0 rings (SSSR count). The van der Waals surface area contributed by atoms with Crippen molar-refractivity contribution >= 4 is 34.7 Å². The van der Waals surface area contributed by atoms with E-state index in [0.717, 1.165) is 0 Å². The van der Waals surface area contributed by atoms with E-state index in [2.05, 4.69) is 0 Å². The van der Waals surface area contributed by atoms with E-state index in [9.17, 15) is 29.7 Å². The first kappa shape index (κ1) is 29.4. The molecule has 0 saturated heterocycles. The quantitative estimate of drug-likeness (QED) is 0.562. The largest absolute Gasteiger partial charge is 3.00 e. The van der Waals surface area contributed by atoms with Gasteiger partial charge in [0.05, 0.1) is 0 Å². The molecule has 0 spiro atoms. The van der Waals surface area contributed by atoms with Gasteiger partial charge < -0.3 is 29.7 Å². The van der Waals surface area contributed by atoms with Crippen molar-refractivity contribution < 1.29 is 29.7 Å². The molecule has 0 radical (unpaired) electrons. The summed E-state index contributed by atoms with van der Waals surface area (Å²) in [5.74, 6) is -0.0764. The molecule has 0 N–H and O–H groups in total. The first-order chi connectivity index (χ1) is 9.38. The first-order valence-corrected chi connectivity index (χ1v) is 6.84. The minimum Gasteiger partial charge on any atom is -0.852 e. The number of rotatable bonds is 6. The fraction of sp³-hybridized carbons (Fsp3) is 0.800. The molecule has 7 heteroatoms. The molecule has 0 aliphatic rings. The van der Waals surface area contributed by atoms with E-state index in [1.807, 2.05) is 0 Å². The second kappa shape index (κ2) is 18.5. The van der Waals surface area contributed by atoms with Crippen LogP contribution in [0.4, 0.5) is 0 Å². The van der Waals surface area contributed by atoms with Crippen LogP contribution in [0, 0.1) is 0 Å². The van der Waals surface area contributed by atoms with Crippen molar-refractivity contribution in [3.05, 3.63) is 0 Å². The molecule has 0 saturated carbocycles. The molecule has 0 fully saturated rings. The van der Waals surface area contributed by atoms with Crippen LogP contribution in [0.5, 0.6) is 0 Å². The van der Waals surface area contributed by atoms with Gasteiger partial charge in [-0.25, -0.2) is 0 Å². The summed E-state index contributed by atoms with van der Waals surface area (Å²) in [5, 5.41) is 30.4. The van der Waals surface area contributed by atoms with Crippen molar-refractivity contribution in [2.75, 3.05) is 0 Å². The van der Waals surface area contributed by atoms with Crippen LogP contribution in [0.25, 0.3) is 0 Å². The Morgan fingerprint density at radius 3 is 0.773 bits per heavy atom. The average molecular weight is 330 g/mol. The predicted molar refractivity (Wildman–Crippen MR) is 80.0 cm³/mol. The van der Waals surface area contributed by atoms with Gasteiger partial charge in [-0.3, -0.25) is 0 Å². The molecule has 0 aromatic carbocycles. The number of hydrogen-bond donors (Lipinski definition) is 0. The van der Waals surface area contributed by atoms with E-state index >= 15 is 0 Å². The van der Waals surface area contributed by atoms with E-state index in [0.29, 0.717) is 0 Å². The summed E-state index contributed by atoms with van der Waals surface area (Å²) in [6.45, 7) is 8.74. The van der Waals surface area contributed by atoms with Gasteiger partial charge in [0.1, 0.15) is 17.3 Å². The Balaban J connectivity index is -0.000000108. The van der Waals surface area contributed by atoms with Gasteiger partial charge in [-0.05, 0) is 40.0 Å². The Hall–Kier alpha value is -0.578. The summed E-state index contributed by atoms with van der Waals surface area (Å²) in [4.78, 5) is 30.2. The van der Waals surface area contributed by atoms with Crippen LogP contribution in [-0.2, 0) is 14.4 Å². The topological polar surface area (TPSA) is 120 Å². The minimum atomic E-state index is -0.725. The fourth-order valence-electron chi connectivity index (χ4n) is 1.21. The molecule has 0 heterocycles. The van der Waals surface area contributed by atoms with Crippen LogP contribution >= 0.6 is 0 Å². The van der Waals surface area contributed by atoms with Gasteiger partial charge >= 0.3 is 17.4 Å². The van der Waals surface area contributed by atoms with Gasteiger partial charge in [0.25, 0.3) is 0 Å². The van der Waals surface area contributed by atoms with Crippen LogP contribution in [0.15, 0.2) is 0 Å². The molecule has 0 aromatic heterocycles. The Kier molecular flexibility index (Phi) is 24.7. The standard InChI is InChI=1S/3C5H9O2.Al/c3*1-4(6)3-5(2)7;/h3*4H,3H2,1-2H3;/q3*-1;+3. The van der Waals surface area contributed by atoms with Gasteiger partial charge in [-0.2, -0.15) is 0 Å². The zero-order valence-corrected chi connectivity index (χ0v) is 15.5. The molecular weight excluding hydrogens is 303 g/mol. The number of hydrogen-bond acceptors (Lipinski definition) is 6. The SMILES string of the molecule is CC(=O)CC(C)[O-].CC(=O)CC(C)[O-].CC(=O)CC(C)[O-].[Al+3]. The second-order valence-corrected chi connectivity index (χ2v) is 5.15. The molecule has 3 atom stereocenters. The third kappa shape index (κ3) is 50.5. The maximum Gasteiger partial charge on any atom is 3.00 e. The second-order valence-electron chi connectivity index (χ2n) is 5.15. The third-order valence-electron chi connectivity index (χ3n) is 1.72. The summed E-state index contributed by atoms with van der Waals surface area (Å²) >= 11 is 0. The third-order valence-corrected chi connectivity index (χ3v) is 1.72. The molecule has 0 aliphatic carbocycles. The monoisotopic (exact) mass is 330 g/mol. The minimum absolute atomic E-state index is 0. The first-order valence-electron chi connectivity index (χ1n) is 6.84. The maximum absolute atomic E-state index is 10.1. The fourth-order valence-corrected chi connectivity index (χ4v) is 1.21. The van der Waals surface area contributed by atoms with Crippen LogP contribution in [-0.4, -0.2) is 53.0 Å². The van der Waals surface area contributed by atoms with Crippen molar-refractivity contribution in [2.45, 2.75) is 79.1 Å². The predicted octanol–water partition coefficient (Wildman–Crippen LogP) is -1.24. The summed E-state index contributed by atoms with van der Waals surface area (Å²) in [6.07, 6.45) is -1.67. The van der Waals surface area contributed by atoms with Crippen molar-refractivity contribution in [3.63, 3.8) is 0 Å². The van der Waals surface area contributed by atoms with E-state index < -0.39 is 18.3 Å². The molecule has 126 valence electrons. The zero-order valence-electron chi connectivity index (χ0n) is 14.4. The zero-order chi connectivity index (χ0) is 17.6. The molecule has 0 amide bonds. The van der Waals surface area contributed by atoms with Crippen molar-refractivity contribution in [2.24, 2.45) is 0 Å². The molecule has 0 aromatic rings. The van der Waals surface area contributed by atoms with Gasteiger partial charge in [0.15, 0.2) is 0 Å². The smallest absolute Gasteiger partial charge is 0.852 e. The summed E-state index contributed by atoms with van der Waals surface area (Å²) in [7, 11) is 0. The number of ketones is 3. The molecule has 3 unspecified atom stereocenters. The van der Waals surface area contributed by atoms with E-state index in [4.69, 9.17) is 0 Å². The Bertz CT molecular complexity index is 253. The molecule has 6 nitrogen and oxygen atoms in total. The normalized spacial score (nSPS) is 13.0. The van der Waals surface area contributed by atoms with E-state index in [1.165, 1.54) is 41.5 Å². The van der Waals surface area contributed by atoms with Crippen LogP contribution in [0.3, 0.4) is 0 Å². The van der Waals surface area contributed by atoms with Gasteiger partial charge in [-0.1, -0.05) is 20.8 Å². The maximum atomic E-state index is 10.1. The Morgan fingerprint density at radius 2 is 0.773 bits per heavy atom. The van der Waals surface area contributed by atoms with Gasteiger partial charge in [-0.15, -0.1) is 18.3 Å². The van der Waals surface area contributed by atoms with Gasteiger partial charge in [0, 0.05) is 0 Å². The molecular formula is C15H27AlO6. The van der Waals surface area contributed by atoms with Crippen molar-refractivity contribution in [1.29, 1.82) is 0 Å². The van der Waals surface area contributed by atoms with E-state index in [1.54, 1.807) is 0 Å². The summed E-state index contributed by atoms with van der Waals surface area (Å²) in [6, 6.07) is 0. The van der Waals surface area contributed by atoms with Crippen LogP contribution < -0.4 is 15.3 Å². The van der Waals surface area contributed by atoms with Crippen molar-refractivity contribution in [1.82, 2.24) is 0 Å². The van der Waals surface area contributed by atoms with Gasteiger partial charge in [0.2, 0.25) is 0 Å². The average Bonchev–Trinajstić information content (AvgIpc) is 2.10. The number of Topliss-reactive ketones (excluding diaryl/α,β-unsaturated/α-hetero) is 3. The Labute approximate surface area is 144 Å². The van der Waals surface area contributed by atoms with Crippen LogP contribution in [0.2, 0.25) is 0 Å². The number of carbonyl (C=O) groups excluding carboxylic acids is 3. The molecule has 0 aliphatic heterocycles. The molecule has 22 heavy (non-hydrogen) atoms. The summed E-state index contributed by atoms with van der Waals surface area (Å²) in [5.41, 5.74) is 0. The molecule has 0 bridgehead atoms. The Morgan fingerprint density at radius 1 is 0.636 bits per heavy atom. The van der Waals surface area contributed by atoms with E-state index in [-0.39, 0.29) is 54.0 Å². The van der Waals surface area contributed by atoms with Crippen molar-refractivity contribution in [3.8, 4) is 0 Å². The number of carbonyl (C=O) groups is 3. The summed E-state index contributed by atoms with van der Waals surface area (Å²) < 4.78 is 0.